The average Bonchev–Trinajstić information content (AvgIpc) is 2.51. The zero-order valence-electron chi connectivity index (χ0n) is 13.2. The second-order valence-electron chi connectivity index (χ2n) is 4.79. The molecule has 0 atom stereocenters. The number of benzene rings is 1. The van der Waals surface area contributed by atoms with E-state index in [9.17, 15) is 4.79 Å². The lowest BCUT2D eigenvalue weighted by Crippen LogP contribution is -2.29. The highest BCUT2D eigenvalue weighted by atomic mass is 16.5. The number of methoxy groups -OCH3 is 1. The molecule has 0 saturated heterocycles. The van der Waals surface area contributed by atoms with Gasteiger partial charge in [-0.3, -0.25) is 4.79 Å². The van der Waals surface area contributed by atoms with E-state index >= 15 is 0 Å². The minimum Gasteiger partial charge on any atom is -0.497 e. The van der Waals surface area contributed by atoms with Crippen LogP contribution in [-0.4, -0.2) is 32.7 Å². The van der Waals surface area contributed by atoms with Crippen molar-refractivity contribution in [3.05, 3.63) is 23.8 Å². The van der Waals surface area contributed by atoms with Crippen LogP contribution in [0.2, 0.25) is 0 Å². The molecule has 0 radical (unpaired) electrons. The lowest BCUT2D eigenvalue weighted by molar-refractivity contribution is -0.123. The summed E-state index contributed by atoms with van der Waals surface area (Å²) in [4.78, 5) is 11.6. The molecular formula is C16H26N2O3. The molecule has 0 fully saturated rings. The van der Waals surface area contributed by atoms with E-state index in [-0.39, 0.29) is 12.5 Å². The van der Waals surface area contributed by atoms with Crippen molar-refractivity contribution in [3.8, 4) is 11.5 Å². The molecule has 0 spiro atoms. The molecule has 0 aliphatic carbocycles. The summed E-state index contributed by atoms with van der Waals surface area (Å²) >= 11 is 0. The van der Waals surface area contributed by atoms with Gasteiger partial charge in [-0.05, 0) is 37.6 Å². The molecule has 118 valence electrons. The Balaban J connectivity index is 2.63. The van der Waals surface area contributed by atoms with Crippen molar-refractivity contribution in [1.29, 1.82) is 0 Å². The van der Waals surface area contributed by atoms with Crippen LogP contribution in [0.25, 0.3) is 0 Å². The summed E-state index contributed by atoms with van der Waals surface area (Å²) in [5.74, 6) is 1.40. The zero-order valence-corrected chi connectivity index (χ0v) is 13.2. The predicted octanol–water partition coefficient (Wildman–Crippen LogP) is 2.10. The van der Waals surface area contributed by atoms with Gasteiger partial charge in [0, 0.05) is 18.7 Å². The highest BCUT2D eigenvalue weighted by Crippen LogP contribution is 2.24. The molecule has 2 N–H and O–H groups in total. The average molecular weight is 294 g/mol. The molecule has 0 bridgehead atoms. The van der Waals surface area contributed by atoms with Gasteiger partial charge in [-0.15, -0.1) is 0 Å². The fourth-order valence-corrected chi connectivity index (χ4v) is 1.82. The summed E-state index contributed by atoms with van der Waals surface area (Å²) in [5, 5.41) is 6.12. The highest BCUT2D eigenvalue weighted by Gasteiger charge is 2.08. The van der Waals surface area contributed by atoms with E-state index < -0.39 is 0 Å². The van der Waals surface area contributed by atoms with Crippen LogP contribution >= 0.6 is 0 Å². The van der Waals surface area contributed by atoms with Gasteiger partial charge >= 0.3 is 0 Å². The minimum absolute atomic E-state index is 0.0348. The maximum Gasteiger partial charge on any atom is 0.257 e. The van der Waals surface area contributed by atoms with Gasteiger partial charge in [0.1, 0.15) is 11.5 Å². The Hall–Kier alpha value is -1.75. The van der Waals surface area contributed by atoms with Crippen molar-refractivity contribution in [2.75, 3.05) is 26.8 Å². The SMILES string of the molecule is CCCNCc1cc(OC)ccc1OCC(=O)NCCC. The van der Waals surface area contributed by atoms with Crippen LogP contribution in [-0.2, 0) is 11.3 Å². The fraction of sp³-hybridized carbons (Fsp3) is 0.562. The number of nitrogens with one attached hydrogen (secondary N) is 2. The number of hydrogen-bond donors (Lipinski definition) is 2. The smallest absolute Gasteiger partial charge is 0.257 e. The molecule has 5 nitrogen and oxygen atoms in total. The quantitative estimate of drug-likeness (QED) is 0.649. The summed E-state index contributed by atoms with van der Waals surface area (Å²) in [7, 11) is 1.64. The van der Waals surface area contributed by atoms with Crippen molar-refractivity contribution in [1.82, 2.24) is 10.6 Å². The molecule has 0 saturated carbocycles. The van der Waals surface area contributed by atoms with Crippen LogP contribution in [0.1, 0.15) is 32.3 Å². The van der Waals surface area contributed by atoms with E-state index in [1.807, 2.05) is 25.1 Å². The standard InChI is InChI=1S/C16H26N2O3/c1-4-8-17-11-13-10-14(20-3)6-7-15(13)21-12-16(19)18-9-5-2/h6-7,10,17H,4-5,8-9,11-12H2,1-3H3,(H,18,19). The second kappa shape index (κ2) is 10.0. The molecule has 1 aromatic carbocycles. The van der Waals surface area contributed by atoms with Crippen molar-refractivity contribution < 1.29 is 14.3 Å². The first-order valence-corrected chi connectivity index (χ1v) is 7.48. The van der Waals surface area contributed by atoms with Crippen molar-refractivity contribution >= 4 is 5.91 Å². The van der Waals surface area contributed by atoms with E-state index in [2.05, 4.69) is 17.6 Å². The van der Waals surface area contributed by atoms with Gasteiger partial charge < -0.3 is 20.1 Å². The maximum absolute atomic E-state index is 11.6. The monoisotopic (exact) mass is 294 g/mol. The summed E-state index contributed by atoms with van der Waals surface area (Å²) < 4.78 is 10.9. The third kappa shape index (κ3) is 6.49. The lowest BCUT2D eigenvalue weighted by Gasteiger charge is -2.13. The largest absolute Gasteiger partial charge is 0.497 e. The Morgan fingerprint density at radius 2 is 1.95 bits per heavy atom. The molecule has 0 heterocycles. The van der Waals surface area contributed by atoms with Crippen molar-refractivity contribution in [3.63, 3.8) is 0 Å². The van der Waals surface area contributed by atoms with Crippen molar-refractivity contribution in [2.45, 2.75) is 33.2 Å². The normalized spacial score (nSPS) is 10.2. The Kier molecular flexibility index (Phi) is 8.28. The molecule has 5 heteroatoms. The number of carbonyl (C=O) groups is 1. The topological polar surface area (TPSA) is 59.6 Å². The van der Waals surface area contributed by atoms with Gasteiger partial charge in [-0.25, -0.2) is 0 Å². The number of amides is 1. The Bertz CT molecular complexity index is 436. The van der Waals surface area contributed by atoms with Gasteiger partial charge in [0.25, 0.3) is 5.91 Å². The maximum atomic E-state index is 11.6. The van der Waals surface area contributed by atoms with Gasteiger partial charge in [0.05, 0.1) is 7.11 Å². The lowest BCUT2D eigenvalue weighted by atomic mass is 10.2. The zero-order chi connectivity index (χ0) is 15.5. The molecule has 1 amide bonds. The molecule has 21 heavy (non-hydrogen) atoms. The Labute approximate surface area is 127 Å². The first-order valence-electron chi connectivity index (χ1n) is 7.48. The van der Waals surface area contributed by atoms with Crippen LogP contribution in [0.4, 0.5) is 0 Å². The van der Waals surface area contributed by atoms with E-state index in [0.29, 0.717) is 18.8 Å². The van der Waals surface area contributed by atoms with Crippen molar-refractivity contribution in [2.24, 2.45) is 0 Å². The summed E-state index contributed by atoms with van der Waals surface area (Å²) in [6, 6.07) is 5.61. The molecule has 0 aromatic heterocycles. The van der Waals surface area contributed by atoms with Gasteiger partial charge in [-0.1, -0.05) is 13.8 Å². The van der Waals surface area contributed by atoms with Crippen LogP contribution in [0.15, 0.2) is 18.2 Å². The Morgan fingerprint density at radius 3 is 2.62 bits per heavy atom. The molecule has 0 aliphatic heterocycles. The summed E-state index contributed by atoms with van der Waals surface area (Å²) in [5.41, 5.74) is 0.992. The molecular weight excluding hydrogens is 268 g/mol. The summed E-state index contributed by atoms with van der Waals surface area (Å²) in [6.07, 6.45) is 1.99. The third-order valence-electron chi connectivity index (χ3n) is 2.94. The summed E-state index contributed by atoms with van der Waals surface area (Å²) in [6.45, 7) is 6.48. The van der Waals surface area contributed by atoms with E-state index in [1.54, 1.807) is 7.11 Å². The van der Waals surface area contributed by atoms with E-state index in [1.165, 1.54) is 0 Å². The van der Waals surface area contributed by atoms with Gasteiger partial charge in [-0.2, -0.15) is 0 Å². The minimum atomic E-state index is -0.0971. The molecule has 1 rings (SSSR count). The van der Waals surface area contributed by atoms with E-state index in [4.69, 9.17) is 9.47 Å². The van der Waals surface area contributed by atoms with Crippen LogP contribution in [0.3, 0.4) is 0 Å². The Morgan fingerprint density at radius 1 is 1.19 bits per heavy atom. The number of ether oxygens (including phenoxy) is 2. The molecule has 1 aromatic rings. The third-order valence-corrected chi connectivity index (χ3v) is 2.94. The molecule has 0 unspecified atom stereocenters. The highest BCUT2D eigenvalue weighted by molar-refractivity contribution is 5.77. The fourth-order valence-electron chi connectivity index (χ4n) is 1.82. The number of carbonyl (C=O) groups excluding carboxylic acids is 1. The van der Waals surface area contributed by atoms with Gasteiger partial charge in [0.2, 0.25) is 0 Å². The van der Waals surface area contributed by atoms with Crippen LogP contribution in [0, 0.1) is 0 Å². The predicted molar refractivity (Wildman–Crippen MR) is 83.8 cm³/mol. The van der Waals surface area contributed by atoms with Crippen LogP contribution < -0.4 is 20.1 Å². The van der Waals surface area contributed by atoms with Gasteiger partial charge in [0.15, 0.2) is 6.61 Å². The second-order valence-corrected chi connectivity index (χ2v) is 4.79. The first kappa shape index (κ1) is 17.3. The van der Waals surface area contributed by atoms with E-state index in [0.717, 1.165) is 30.7 Å². The van der Waals surface area contributed by atoms with Crippen LogP contribution in [0.5, 0.6) is 11.5 Å². The first-order chi connectivity index (χ1) is 10.2. The number of hydrogen-bond acceptors (Lipinski definition) is 4. The number of rotatable bonds is 10. The molecule has 0 aliphatic rings.